The van der Waals surface area contributed by atoms with Gasteiger partial charge >= 0.3 is 6.03 Å². The van der Waals surface area contributed by atoms with Crippen LogP contribution < -0.4 is 15.0 Å². The van der Waals surface area contributed by atoms with Crippen molar-refractivity contribution in [2.45, 2.75) is 26.4 Å². The Morgan fingerprint density at radius 2 is 2.13 bits per heavy atom. The molecule has 3 rings (SSSR count). The summed E-state index contributed by atoms with van der Waals surface area (Å²) in [6, 6.07) is 12.9. The van der Waals surface area contributed by atoms with E-state index in [1.165, 1.54) is 0 Å². The number of carbonyl (C=O) groups excluding carboxylic acids is 1. The van der Waals surface area contributed by atoms with Gasteiger partial charge < -0.3 is 10.1 Å². The Bertz CT molecular complexity index is 733. The van der Waals surface area contributed by atoms with Gasteiger partial charge in [0.15, 0.2) is 0 Å². The number of benzene rings is 2. The van der Waals surface area contributed by atoms with Gasteiger partial charge in [0.05, 0.1) is 22.9 Å². The number of hydrogen-bond acceptors (Lipinski definition) is 2. The molecule has 1 unspecified atom stereocenters. The first-order valence-corrected chi connectivity index (χ1v) is 8.06. The number of halogens is 1. The highest BCUT2D eigenvalue weighted by atomic mass is 35.5. The second-order valence-corrected chi connectivity index (χ2v) is 6.05. The lowest BCUT2D eigenvalue weighted by molar-refractivity contribution is 0.188. The van der Waals surface area contributed by atoms with E-state index in [1.807, 2.05) is 44.2 Å². The molecule has 2 aromatic rings. The monoisotopic (exact) mass is 330 g/mol. The second kappa shape index (κ2) is 6.50. The minimum atomic E-state index is -0.202. The third-order valence-corrected chi connectivity index (χ3v) is 4.23. The predicted octanol–water partition coefficient (Wildman–Crippen LogP) is 4.86. The van der Waals surface area contributed by atoms with Gasteiger partial charge in [-0.25, -0.2) is 4.79 Å². The molecule has 0 aromatic heterocycles. The maximum atomic E-state index is 12.8. The van der Waals surface area contributed by atoms with Crippen LogP contribution in [0.25, 0.3) is 0 Å². The second-order valence-electron chi connectivity index (χ2n) is 5.64. The van der Waals surface area contributed by atoms with Crippen LogP contribution in [0, 0.1) is 6.92 Å². The number of fused-ring (bicyclic) bond motifs is 1. The first-order chi connectivity index (χ1) is 11.1. The Balaban J connectivity index is 1.90. The van der Waals surface area contributed by atoms with Crippen molar-refractivity contribution in [1.82, 2.24) is 0 Å². The summed E-state index contributed by atoms with van der Waals surface area (Å²) < 4.78 is 5.94. The minimum Gasteiger partial charge on any atom is -0.486 e. The van der Waals surface area contributed by atoms with Crippen molar-refractivity contribution in [2.24, 2.45) is 0 Å². The van der Waals surface area contributed by atoms with Crippen molar-refractivity contribution in [2.75, 3.05) is 16.8 Å². The zero-order valence-corrected chi connectivity index (χ0v) is 13.9. The van der Waals surface area contributed by atoms with Gasteiger partial charge in [-0.05, 0) is 43.2 Å². The maximum Gasteiger partial charge on any atom is 0.326 e. The first-order valence-electron chi connectivity index (χ1n) is 7.69. The number of nitrogens with one attached hydrogen (secondary N) is 1. The molecule has 2 aromatic carbocycles. The van der Waals surface area contributed by atoms with Gasteiger partial charge in [0.25, 0.3) is 0 Å². The number of ether oxygens (including phenoxy) is 1. The average molecular weight is 331 g/mol. The summed E-state index contributed by atoms with van der Waals surface area (Å²) in [4.78, 5) is 14.5. The third kappa shape index (κ3) is 3.27. The van der Waals surface area contributed by atoms with Crippen molar-refractivity contribution in [3.8, 4) is 5.75 Å². The summed E-state index contributed by atoms with van der Waals surface area (Å²) in [5.74, 6) is 0.739. The molecule has 23 heavy (non-hydrogen) atoms. The third-order valence-electron chi connectivity index (χ3n) is 3.90. The minimum absolute atomic E-state index is 0.0119. The van der Waals surface area contributed by atoms with E-state index in [4.69, 9.17) is 16.3 Å². The van der Waals surface area contributed by atoms with E-state index >= 15 is 0 Å². The molecule has 120 valence electrons. The van der Waals surface area contributed by atoms with Crippen LogP contribution in [0.3, 0.4) is 0 Å². The van der Waals surface area contributed by atoms with Gasteiger partial charge in [-0.3, -0.25) is 4.90 Å². The molecule has 5 heteroatoms. The number of rotatable bonds is 2. The fourth-order valence-electron chi connectivity index (χ4n) is 2.61. The molecule has 1 heterocycles. The molecule has 2 amide bonds. The molecule has 1 atom stereocenters. The van der Waals surface area contributed by atoms with E-state index in [2.05, 4.69) is 5.32 Å². The van der Waals surface area contributed by atoms with Gasteiger partial charge in [-0.2, -0.15) is 0 Å². The fourth-order valence-corrected chi connectivity index (χ4v) is 2.79. The number of hydrogen-bond donors (Lipinski definition) is 1. The molecule has 1 aliphatic rings. The average Bonchev–Trinajstić information content (AvgIpc) is 2.56. The molecule has 0 fully saturated rings. The highest BCUT2D eigenvalue weighted by molar-refractivity contribution is 6.33. The predicted molar refractivity (Wildman–Crippen MR) is 93.7 cm³/mol. The first kappa shape index (κ1) is 15.7. The summed E-state index contributed by atoms with van der Waals surface area (Å²) in [5, 5.41) is 3.40. The fraction of sp³-hybridized carbons (Fsp3) is 0.278. The zero-order valence-electron chi connectivity index (χ0n) is 13.2. The SMILES string of the molecule is CCC1CN(C(=O)Nc2ccccc2Cl)c2cc(C)ccc2O1. The van der Waals surface area contributed by atoms with Crippen LogP contribution in [-0.4, -0.2) is 18.7 Å². The Morgan fingerprint density at radius 3 is 2.87 bits per heavy atom. The number of amides is 2. The van der Waals surface area contributed by atoms with Gasteiger partial charge in [0.2, 0.25) is 0 Å². The summed E-state index contributed by atoms with van der Waals surface area (Å²) in [5.41, 5.74) is 2.48. The Kier molecular flexibility index (Phi) is 4.44. The van der Waals surface area contributed by atoms with E-state index < -0.39 is 0 Å². The van der Waals surface area contributed by atoms with Crippen molar-refractivity contribution in [1.29, 1.82) is 0 Å². The van der Waals surface area contributed by atoms with Crippen LogP contribution in [0.5, 0.6) is 5.75 Å². The van der Waals surface area contributed by atoms with Crippen LogP contribution in [0.2, 0.25) is 5.02 Å². The lowest BCUT2D eigenvalue weighted by Crippen LogP contribution is -2.45. The smallest absolute Gasteiger partial charge is 0.326 e. The molecule has 0 saturated heterocycles. The summed E-state index contributed by atoms with van der Waals surface area (Å²) in [6.45, 7) is 4.56. The van der Waals surface area contributed by atoms with Crippen molar-refractivity contribution < 1.29 is 9.53 Å². The molecule has 0 aliphatic carbocycles. The van der Waals surface area contributed by atoms with Crippen LogP contribution in [0.4, 0.5) is 16.2 Å². The molecule has 4 nitrogen and oxygen atoms in total. The van der Waals surface area contributed by atoms with Crippen LogP contribution in [0.15, 0.2) is 42.5 Å². The zero-order chi connectivity index (χ0) is 16.4. The molecular weight excluding hydrogens is 312 g/mol. The van der Waals surface area contributed by atoms with Gasteiger partial charge in [0, 0.05) is 0 Å². The molecule has 0 spiro atoms. The Labute approximate surface area is 141 Å². The van der Waals surface area contributed by atoms with Gasteiger partial charge in [0.1, 0.15) is 11.9 Å². The molecule has 0 saturated carbocycles. The quantitative estimate of drug-likeness (QED) is 0.854. The van der Waals surface area contributed by atoms with E-state index in [9.17, 15) is 4.79 Å². The standard InChI is InChI=1S/C18H19ClN2O2/c1-3-13-11-21(16-10-12(2)8-9-17(16)23-13)18(22)20-15-7-5-4-6-14(15)19/h4-10,13H,3,11H2,1-2H3,(H,20,22). The van der Waals surface area contributed by atoms with Crippen LogP contribution >= 0.6 is 11.6 Å². The molecule has 1 aliphatic heterocycles. The Hall–Kier alpha value is -2.20. The largest absolute Gasteiger partial charge is 0.486 e. The molecular formula is C18H19ClN2O2. The van der Waals surface area contributed by atoms with Crippen molar-refractivity contribution in [3.05, 3.63) is 53.1 Å². The lowest BCUT2D eigenvalue weighted by atomic mass is 10.1. The highest BCUT2D eigenvalue weighted by Gasteiger charge is 2.29. The van der Waals surface area contributed by atoms with Gasteiger partial charge in [-0.15, -0.1) is 0 Å². The van der Waals surface area contributed by atoms with E-state index in [-0.39, 0.29) is 12.1 Å². The maximum absolute atomic E-state index is 12.8. The summed E-state index contributed by atoms with van der Waals surface area (Å²) in [6.07, 6.45) is 0.825. The Morgan fingerprint density at radius 1 is 1.35 bits per heavy atom. The molecule has 0 radical (unpaired) electrons. The van der Waals surface area contributed by atoms with E-state index in [1.54, 1.807) is 17.0 Å². The normalized spacial score (nSPS) is 16.5. The topological polar surface area (TPSA) is 41.6 Å². The molecule has 0 bridgehead atoms. The van der Waals surface area contributed by atoms with Gasteiger partial charge in [-0.1, -0.05) is 36.7 Å². The summed E-state index contributed by atoms with van der Waals surface area (Å²) >= 11 is 6.13. The van der Waals surface area contributed by atoms with Crippen molar-refractivity contribution >= 4 is 29.0 Å². The van der Waals surface area contributed by atoms with Crippen LogP contribution in [0.1, 0.15) is 18.9 Å². The van der Waals surface area contributed by atoms with Crippen LogP contribution in [-0.2, 0) is 0 Å². The highest BCUT2D eigenvalue weighted by Crippen LogP contribution is 2.35. The number of carbonyl (C=O) groups is 1. The number of anilines is 2. The number of nitrogens with zero attached hydrogens (tertiary/aromatic N) is 1. The van der Waals surface area contributed by atoms with E-state index in [0.717, 1.165) is 23.4 Å². The lowest BCUT2D eigenvalue weighted by Gasteiger charge is -2.34. The molecule has 1 N–H and O–H groups in total. The summed E-state index contributed by atoms with van der Waals surface area (Å²) in [7, 11) is 0. The number of urea groups is 1. The van der Waals surface area contributed by atoms with E-state index in [0.29, 0.717) is 17.3 Å². The van der Waals surface area contributed by atoms with Crippen molar-refractivity contribution in [3.63, 3.8) is 0 Å². The number of para-hydroxylation sites is 1. The number of aryl methyl sites for hydroxylation is 1.